The smallest absolute Gasteiger partial charge is 0.305 e. The second-order valence-electron chi connectivity index (χ2n) is 23.1. The van der Waals surface area contributed by atoms with Gasteiger partial charge in [-0.05, 0) is 96.3 Å². The summed E-state index contributed by atoms with van der Waals surface area (Å²) in [5.74, 6) is -0.0619. The quantitative estimate of drug-likeness (QED) is 0.0320. The average molecular weight is 1080 g/mol. The summed E-state index contributed by atoms with van der Waals surface area (Å²) in [5.41, 5.74) is 0. The molecule has 0 aliphatic heterocycles. The van der Waals surface area contributed by atoms with Gasteiger partial charge in [0.15, 0.2) is 0 Å². The second kappa shape index (κ2) is 66.1. The first-order valence-electron chi connectivity index (χ1n) is 34.1. The van der Waals surface area contributed by atoms with Crippen molar-refractivity contribution in [3.63, 3.8) is 0 Å². The van der Waals surface area contributed by atoms with Gasteiger partial charge in [-0.25, -0.2) is 0 Å². The Morgan fingerprint density at radius 2 is 0.649 bits per heavy atom. The molecule has 0 aromatic rings. The minimum Gasteiger partial charge on any atom is -0.466 e. The van der Waals surface area contributed by atoms with Crippen molar-refractivity contribution < 1.29 is 24.5 Å². The van der Waals surface area contributed by atoms with Gasteiger partial charge < -0.3 is 20.3 Å². The molecule has 0 saturated heterocycles. The van der Waals surface area contributed by atoms with Crippen LogP contribution < -0.4 is 5.32 Å². The molecule has 0 aromatic carbocycles. The van der Waals surface area contributed by atoms with Gasteiger partial charge in [-0.1, -0.05) is 306 Å². The maximum atomic E-state index is 12.4. The maximum absolute atomic E-state index is 12.4. The van der Waals surface area contributed by atoms with Crippen LogP contribution in [0.3, 0.4) is 0 Å². The van der Waals surface area contributed by atoms with E-state index in [1.165, 1.54) is 270 Å². The number of hydrogen-bond acceptors (Lipinski definition) is 5. The van der Waals surface area contributed by atoms with E-state index in [9.17, 15) is 19.8 Å². The van der Waals surface area contributed by atoms with Crippen molar-refractivity contribution in [1.29, 1.82) is 0 Å². The Morgan fingerprint density at radius 1 is 0.364 bits per heavy atom. The van der Waals surface area contributed by atoms with E-state index in [1.807, 2.05) is 6.08 Å². The van der Waals surface area contributed by atoms with Gasteiger partial charge in [0, 0.05) is 12.8 Å². The summed E-state index contributed by atoms with van der Waals surface area (Å²) < 4.78 is 5.49. The molecule has 0 rings (SSSR count). The molecule has 0 saturated carbocycles. The van der Waals surface area contributed by atoms with Crippen molar-refractivity contribution in [1.82, 2.24) is 5.32 Å². The highest BCUT2D eigenvalue weighted by Gasteiger charge is 2.18. The highest BCUT2D eigenvalue weighted by molar-refractivity contribution is 5.76. The van der Waals surface area contributed by atoms with Crippen molar-refractivity contribution in [2.45, 2.75) is 366 Å². The van der Waals surface area contributed by atoms with Crippen LogP contribution in [0.2, 0.25) is 0 Å². The molecule has 2 unspecified atom stereocenters. The molecule has 77 heavy (non-hydrogen) atoms. The number of nitrogens with one attached hydrogen (secondary N) is 1. The molecule has 0 aliphatic carbocycles. The number of carbonyl (C=O) groups is 2. The third-order valence-corrected chi connectivity index (χ3v) is 15.5. The number of ether oxygens (including phenoxy) is 1. The Hall–Kier alpha value is -2.44. The predicted octanol–water partition coefficient (Wildman–Crippen LogP) is 21.9. The Labute approximate surface area is 479 Å². The fourth-order valence-electron chi connectivity index (χ4n) is 10.3. The number of aliphatic hydroxyl groups excluding tert-OH is 2. The Bertz CT molecular complexity index is 1340. The number of aliphatic hydroxyl groups is 2. The second-order valence-corrected chi connectivity index (χ2v) is 23.1. The van der Waals surface area contributed by atoms with Crippen molar-refractivity contribution in [3.8, 4) is 0 Å². The van der Waals surface area contributed by atoms with Crippen LogP contribution in [-0.4, -0.2) is 47.4 Å². The molecule has 1 amide bonds. The van der Waals surface area contributed by atoms with Crippen molar-refractivity contribution in [3.05, 3.63) is 60.8 Å². The molecule has 0 aliphatic rings. The molecule has 2 atom stereocenters. The van der Waals surface area contributed by atoms with Crippen LogP contribution in [0.4, 0.5) is 0 Å². The van der Waals surface area contributed by atoms with E-state index >= 15 is 0 Å². The normalized spacial score (nSPS) is 12.9. The highest BCUT2D eigenvalue weighted by atomic mass is 16.5. The molecule has 6 heteroatoms. The fourth-order valence-corrected chi connectivity index (χ4v) is 10.3. The minimum atomic E-state index is -0.842. The average Bonchev–Trinajstić information content (AvgIpc) is 3.43. The molecule has 0 aromatic heterocycles. The van der Waals surface area contributed by atoms with E-state index in [0.29, 0.717) is 19.4 Å². The Kier molecular flexibility index (Phi) is 64.0. The van der Waals surface area contributed by atoms with Crippen molar-refractivity contribution in [2.24, 2.45) is 0 Å². The number of rotatable bonds is 63. The molecule has 0 bridgehead atoms. The Balaban J connectivity index is 3.37. The monoisotopic (exact) mass is 1080 g/mol. The number of amides is 1. The number of hydrogen-bond donors (Lipinski definition) is 3. The summed E-state index contributed by atoms with van der Waals surface area (Å²) in [7, 11) is 0. The van der Waals surface area contributed by atoms with Crippen LogP contribution in [0, 0.1) is 0 Å². The first kappa shape index (κ1) is 74.6. The number of allylic oxidation sites excluding steroid dienone is 9. The SMILES string of the molecule is CCCCC/C=C\C/C=C\CCCCCCCCCC(=O)OCCCCCCCCCCC/C=C\C/C=C\CCCCCCCCCCCCCCCCCCCC(=O)NC(CO)C(O)/C=C/CCCCCCCCCC. The zero-order chi connectivity index (χ0) is 55.7. The zero-order valence-corrected chi connectivity index (χ0v) is 51.4. The summed E-state index contributed by atoms with van der Waals surface area (Å²) in [5, 5.41) is 23.0. The highest BCUT2D eigenvalue weighted by Crippen LogP contribution is 2.17. The molecule has 6 nitrogen and oxygen atoms in total. The third-order valence-electron chi connectivity index (χ3n) is 15.5. The van der Waals surface area contributed by atoms with Gasteiger partial charge >= 0.3 is 5.97 Å². The van der Waals surface area contributed by atoms with Crippen LogP contribution in [-0.2, 0) is 14.3 Å². The van der Waals surface area contributed by atoms with Gasteiger partial charge in [0.2, 0.25) is 5.91 Å². The van der Waals surface area contributed by atoms with Gasteiger partial charge in [-0.3, -0.25) is 9.59 Å². The van der Waals surface area contributed by atoms with Crippen LogP contribution in [0.15, 0.2) is 60.8 Å². The topological polar surface area (TPSA) is 95.9 Å². The van der Waals surface area contributed by atoms with Crippen molar-refractivity contribution >= 4 is 11.9 Å². The molecule has 0 spiro atoms. The fraction of sp³-hybridized carbons (Fsp3) is 0.831. The molecule has 0 radical (unpaired) electrons. The van der Waals surface area contributed by atoms with Crippen LogP contribution in [0.1, 0.15) is 354 Å². The predicted molar refractivity (Wildman–Crippen MR) is 338 cm³/mol. The largest absolute Gasteiger partial charge is 0.466 e. The van der Waals surface area contributed by atoms with Gasteiger partial charge in [0.1, 0.15) is 0 Å². The summed E-state index contributed by atoms with van der Waals surface area (Å²) >= 11 is 0. The van der Waals surface area contributed by atoms with Crippen LogP contribution in [0.5, 0.6) is 0 Å². The van der Waals surface area contributed by atoms with E-state index in [-0.39, 0.29) is 18.5 Å². The minimum absolute atomic E-state index is 0.00577. The summed E-state index contributed by atoms with van der Waals surface area (Å²) in [6, 6.07) is -0.625. The Morgan fingerprint density at radius 3 is 1.01 bits per heavy atom. The molecule has 0 fully saturated rings. The van der Waals surface area contributed by atoms with E-state index < -0.39 is 12.1 Å². The lowest BCUT2D eigenvalue weighted by Crippen LogP contribution is -2.45. The maximum Gasteiger partial charge on any atom is 0.305 e. The van der Waals surface area contributed by atoms with Gasteiger partial charge in [-0.2, -0.15) is 0 Å². The van der Waals surface area contributed by atoms with Crippen molar-refractivity contribution in [2.75, 3.05) is 13.2 Å². The van der Waals surface area contributed by atoms with E-state index in [1.54, 1.807) is 6.08 Å². The van der Waals surface area contributed by atoms with Gasteiger partial charge in [0.25, 0.3) is 0 Å². The lowest BCUT2D eigenvalue weighted by molar-refractivity contribution is -0.143. The van der Waals surface area contributed by atoms with Crippen LogP contribution >= 0.6 is 0 Å². The number of carbonyl (C=O) groups excluding carboxylic acids is 2. The van der Waals surface area contributed by atoms with E-state index in [2.05, 4.69) is 67.8 Å². The first-order valence-corrected chi connectivity index (χ1v) is 34.1. The standard InChI is InChI=1S/C71H131NO5/c1-3-5-7-9-11-13-15-16-17-35-39-42-45-49-53-57-61-65-71(76)77-66-62-58-54-50-46-43-40-37-34-32-30-28-26-24-22-20-18-19-21-23-25-27-29-31-33-36-38-41-44-48-52-56-60-64-70(75)72-68(67-73)69(74)63-59-55-51-47-14-12-10-8-6-4-2/h11,13,16-17,22,24,28,30,59,63,68-69,73-74H,3-10,12,14-15,18-21,23,25-27,29,31-58,60-62,64-67H2,1-2H3,(H,72,75)/b13-11-,17-16-,24-22-,30-28-,63-59+. The van der Waals surface area contributed by atoms with Crippen LogP contribution in [0.25, 0.3) is 0 Å². The molecular weight excluding hydrogens is 947 g/mol. The molecule has 450 valence electrons. The third kappa shape index (κ3) is 62.6. The number of unbranched alkanes of at least 4 members (excludes halogenated alkanes) is 44. The summed E-state index contributed by atoms with van der Waals surface area (Å²) in [6.45, 7) is 4.86. The number of esters is 1. The molecule has 0 heterocycles. The first-order chi connectivity index (χ1) is 38.0. The van der Waals surface area contributed by atoms with E-state index in [4.69, 9.17) is 4.74 Å². The molecule has 3 N–H and O–H groups in total. The van der Waals surface area contributed by atoms with Gasteiger partial charge in [-0.15, -0.1) is 0 Å². The molecular formula is C71H131NO5. The van der Waals surface area contributed by atoms with Gasteiger partial charge in [0.05, 0.1) is 25.4 Å². The van der Waals surface area contributed by atoms with E-state index in [0.717, 1.165) is 57.8 Å². The summed E-state index contributed by atoms with van der Waals surface area (Å²) in [6.07, 6.45) is 87.3. The lowest BCUT2D eigenvalue weighted by atomic mass is 10.0. The lowest BCUT2D eigenvalue weighted by Gasteiger charge is -2.20. The zero-order valence-electron chi connectivity index (χ0n) is 51.4. The summed E-state index contributed by atoms with van der Waals surface area (Å²) in [4.78, 5) is 24.5.